The number of amides is 1. The van der Waals surface area contributed by atoms with Gasteiger partial charge in [0.1, 0.15) is 0 Å². The Labute approximate surface area is 101 Å². The van der Waals surface area contributed by atoms with E-state index < -0.39 is 0 Å². The average Bonchev–Trinajstić information content (AvgIpc) is 2.61. The Kier molecular flexibility index (Phi) is 1.87. The molecule has 0 saturated heterocycles. The summed E-state index contributed by atoms with van der Waals surface area (Å²) in [5.74, 6) is 2.01. The van der Waals surface area contributed by atoms with E-state index in [1.54, 1.807) is 6.08 Å². The zero-order valence-corrected chi connectivity index (χ0v) is 10.0. The van der Waals surface area contributed by atoms with E-state index in [1.165, 1.54) is 12.8 Å². The topological polar surface area (TPSA) is 40.5 Å². The molecule has 4 fully saturated rings. The fraction of sp³-hybridized carbons (Fsp3) is 0.786. The van der Waals surface area contributed by atoms with Gasteiger partial charge < -0.3 is 10.0 Å². The summed E-state index contributed by atoms with van der Waals surface area (Å²) in [5, 5.41) is 10.5. The highest BCUT2D eigenvalue weighted by Gasteiger charge is 2.56. The molecule has 4 saturated carbocycles. The fourth-order valence-corrected chi connectivity index (χ4v) is 5.18. The molecule has 0 radical (unpaired) electrons. The molecule has 0 aromatic heterocycles. The number of hydrogen-bond acceptors (Lipinski definition) is 2. The van der Waals surface area contributed by atoms with Gasteiger partial charge in [-0.2, -0.15) is 0 Å². The highest BCUT2D eigenvalue weighted by molar-refractivity contribution is 5.90. The zero-order chi connectivity index (χ0) is 11.6. The monoisotopic (exact) mass is 233 g/mol. The van der Waals surface area contributed by atoms with Crippen molar-refractivity contribution in [3.8, 4) is 0 Å². The van der Waals surface area contributed by atoms with Crippen molar-refractivity contribution in [1.29, 1.82) is 0 Å². The zero-order valence-electron chi connectivity index (χ0n) is 10.0. The van der Waals surface area contributed by atoms with E-state index in [-0.39, 0.29) is 11.5 Å². The minimum Gasteiger partial charge on any atom is -0.390 e. The van der Waals surface area contributed by atoms with Crippen LogP contribution in [-0.2, 0) is 4.79 Å². The molecule has 3 heteroatoms. The van der Waals surface area contributed by atoms with Crippen LogP contribution in [0.1, 0.15) is 32.1 Å². The van der Waals surface area contributed by atoms with Crippen LogP contribution in [0.25, 0.3) is 0 Å². The summed E-state index contributed by atoms with van der Waals surface area (Å²) in [5.41, 5.74) is -0.386. The Balaban J connectivity index is 1.64. The van der Waals surface area contributed by atoms with Crippen LogP contribution >= 0.6 is 0 Å². The largest absolute Gasteiger partial charge is 0.390 e. The van der Waals surface area contributed by atoms with E-state index in [2.05, 4.69) is 4.90 Å². The number of hydrogen-bond donors (Lipinski definition) is 1. The summed E-state index contributed by atoms with van der Waals surface area (Å²) < 4.78 is 0. The lowest BCUT2D eigenvalue weighted by Gasteiger charge is -2.59. The third-order valence-electron chi connectivity index (χ3n) is 5.40. The number of carbonyl (C=O) groups excluding carboxylic acids is 1. The van der Waals surface area contributed by atoms with Crippen LogP contribution in [0.3, 0.4) is 0 Å². The maximum absolute atomic E-state index is 11.9. The maximum atomic E-state index is 11.9. The van der Waals surface area contributed by atoms with Crippen molar-refractivity contribution < 1.29 is 9.90 Å². The van der Waals surface area contributed by atoms with Crippen LogP contribution in [-0.4, -0.2) is 34.1 Å². The first-order valence-electron chi connectivity index (χ1n) is 6.84. The molecule has 0 aromatic rings. The second kappa shape index (κ2) is 3.14. The molecule has 1 heterocycles. The number of nitrogens with zero attached hydrogens (tertiary/aromatic N) is 1. The van der Waals surface area contributed by atoms with Gasteiger partial charge in [-0.3, -0.25) is 4.79 Å². The van der Waals surface area contributed by atoms with Crippen molar-refractivity contribution in [3.63, 3.8) is 0 Å². The molecule has 5 aliphatic rings. The van der Waals surface area contributed by atoms with E-state index in [1.807, 2.05) is 6.08 Å². The van der Waals surface area contributed by atoms with Gasteiger partial charge >= 0.3 is 0 Å². The molecule has 92 valence electrons. The lowest BCUT2D eigenvalue weighted by Crippen LogP contribution is -2.61. The van der Waals surface area contributed by atoms with E-state index in [0.717, 1.165) is 31.7 Å². The Hall–Kier alpha value is -0.830. The highest BCUT2D eigenvalue weighted by Crippen LogP contribution is 2.57. The van der Waals surface area contributed by atoms with E-state index in [9.17, 15) is 9.90 Å². The third kappa shape index (κ3) is 1.35. The first kappa shape index (κ1) is 10.1. The molecular weight excluding hydrogens is 214 g/mol. The first-order valence-corrected chi connectivity index (χ1v) is 6.84. The summed E-state index contributed by atoms with van der Waals surface area (Å²) in [7, 11) is 0. The predicted octanol–water partition coefficient (Wildman–Crippen LogP) is 1.32. The van der Waals surface area contributed by atoms with Crippen LogP contribution in [0.4, 0.5) is 0 Å². The van der Waals surface area contributed by atoms with Crippen LogP contribution in [0.2, 0.25) is 0 Å². The smallest absolute Gasteiger partial charge is 0.246 e. The molecule has 5 rings (SSSR count). The van der Waals surface area contributed by atoms with Gasteiger partial charge in [-0.1, -0.05) is 6.08 Å². The number of rotatable bonds is 1. The van der Waals surface area contributed by atoms with Gasteiger partial charge in [-0.05, 0) is 49.9 Å². The molecule has 0 aromatic carbocycles. The van der Waals surface area contributed by atoms with Gasteiger partial charge in [0.15, 0.2) is 0 Å². The Bertz CT molecular complexity index is 387. The fourth-order valence-electron chi connectivity index (χ4n) is 5.18. The standard InChI is InChI=1S/C14H19NO2/c16-12-2-1-3-15(12)13-10-4-9-5-11(13)8-14(17,6-9)7-10/h1-2,9-11,13,17H,3-8H2/t9?,10-,11-,13-,14+/m1/s1. The van der Waals surface area contributed by atoms with Gasteiger partial charge in [0, 0.05) is 18.7 Å². The maximum Gasteiger partial charge on any atom is 0.246 e. The number of aliphatic hydroxyl groups is 1. The summed E-state index contributed by atoms with van der Waals surface area (Å²) in [6, 6.07) is 0.411. The van der Waals surface area contributed by atoms with Crippen molar-refractivity contribution in [3.05, 3.63) is 12.2 Å². The molecule has 4 aliphatic carbocycles. The van der Waals surface area contributed by atoms with Crippen molar-refractivity contribution in [1.82, 2.24) is 4.90 Å². The molecule has 3 nitrogen and oxygen atoms in total. The second-order valence-electron chi connectivity index (χ2n) is 6.58. The van der Waals surface area contributed by atoms with E-state index in [0.29, 0.717) is 17.9 Å². The SMILES string of the molecule is O=C1C=CCN1[C@H]1[C@@H]2CC3C[C@@H]1C[C@@](O)(C3)C2. The second-order valence-corrected chi connectivity index (χ2v) is 6.58. The van der Waals surface area contributed by atoms with E-state index >= 15 is 0 Å². The average molecular weight is 233 g/mol. The van der Waals surface area contributed by atoms with Crippen LogP contribution in [0.15, 0.2) is 12.2 Å². The highest BCUT2D eigenvalue weighted by atomic mass is 16.3. The van der Waals surface area contributed by atoms with Crippen LogP contribution in [0, 0.1) is 17.8 Å². The molecule has 0 unspecified atom stereocenters. The normalized spacial score (nSPS) is 51.6. The van der Waals surface area contributed by atoms with Crippen LogP contribution in [0.5, 0.6) is 0 Å². The van der Waals surface area contributed by atoms with Gasteiger partial charge in [-0.25, -0.2) is 0 Å². The Morgan fingerprint density at radius 3 is 2.47 bits per heavy atom. The summed E-state index contributed by atoms with van der Waals surface area (Å²) in [4.78, 5) is 13.9. The molecule has 1 N–H and O–H groups in total. The van der Waals surface area contributed by atoms with Gasteiger partial charge in [0.05, 0.1) is 5.60 Å². The predicted molar refractivity (Wildman–Crippen MR) is 63.1 cm³/mol. The van der Waals surface area contributed by atoms with Crippen molar-refractivity contribution >= 4 is 5.91 Å². The lowest BCUT2D eigenvalue weighted by atomic mass is 9.52. The molecule has 4 bridgehead atoms. The van der Waals surface area contributed by atoms with Crippen molar-refractivity contribution in [2.45, 2.75) is 43.7 Å². The van der Waals surface area contributed by atoms with E-state index in [4.69, 9.17) is 0 Å². The van der Waals surface area contributed by atoms with Gasteiger partial charge in [-0.15, -0.1) is 0 Å². The minimum absolute atomic E-state index is 0.189. The number of carbonyl (C=O) groups is 1. The minimum atomic E-state index is -0.386. The van der Waals surface area contributed by atoms with Crippen molar-refractivity contribution in [2.24, 2.45) is 17.8 Å². The van der Waals surface area contributed by atoms with Crippen molar-refractivity contribution in [2.75, 3.05) is 6.54 Å². The summed E-state index contributed by atoms with van der Waals surface area (Å²) >= 11 is 0. The quantitative estimate of drug-likeness (QED) is 0.742. The summed E-state index contributed by atoms with van der Waals surface area (Å²) in [6.45, 7) is 0.791. The molecule has 2 atom stereocenters. The molecule has 1 aliphatic heterocycles. The Morgan fingerprint density at radius 2 is 1.94 bits per heavy atom. The van der Waals surface area contributed by atoms with Gasteiger partial charge in [0.25, 0.3) is 0 Å². The first-order chi connectivity index (χ1) is 8.15. The molecule has 17 heavy (non-hydrogen) atoms. The van der Waals surface area contributed by atoms with Gasteiger partial charge in [0.2, 0.25) is 5.91 Å². The molecule has 0 spiro atoms. The Morgan fingerprint density at radius 1 is 1.24 bits per heavy atom. The summed E-state index contributed by atoms with van der Waals surface area (Å²) in [6.07, 6.45) is 9.00. The molecular formula is C14H19NO2. The van der Waals surface area contributed by atoms with Crippen LogP contribution < -0.4 is 0 Å². The molecule has 1 amide bonds. The lowest BCUT2D eigenvalue weighted by molar-refractivity contribution is -0.165. The third-order valence-corrected chi connectivity index (χ3v) is 5.40.